The van der Waals surface area contributed by atoms with Gasteiger partial charge in [0.25, 0.3) is 0 Å². The maximum Gasteiger partial charge on any atom is 0.136 e. The number of rotatable bonds is 3. The van der Waals surface area contributed by atoms with E-state index in [4.69, 9.17) is 4.42 Å². The van der Waals surface area contributed by atoms with E-state index in [0.717, 1.165) is 27.5 Å². The van der Waals surface area contributed by atoms with Gasteiger partial charge in [-0.05, 0) is 90.5 Å². The zero-order valence-corrected chi connectivity index (χ0v) is 25.0. The fraction of sp³-hybridized carbons (Fsp3) is 0. The van der Waals surface area contributed by atoms with Crippen molar-refractivity contribution in [1.82, 2.24) is 0 Å². The molecule has 0 saturated carbocycles. The summed E-state index contributed by atoms with van der Waals surface area (Å²) in [6.45, 7) is 0. The Balaban J connectivity index is 1.20. The smallest absolute Gasteiger partial charge is 0.136 e. The van der Waals surface area contributed by atoms with E-state index >= 15 is 0 Å². The Morgan fingerprint density at radius 3 is 1.41 bits per heavy atom. The third-order valence-corrected chi connectivity index (χ3v) is 9.75. The van der Waals surface area contributed by atoms with Crippen LogP contribution in [0.4, 0.5) is 0 Å². The van der Waals surface area contributed by atoms with Crippen molar-refractivity contribution >= 4 is 33.1 Å². The van der Waals surface area contributed by atoms with Gasteiger partial charge in [-0.25, -0.2) is 0 Å². The summed E-state index contributed by atoms with van der Waals surface area (Å²) in [4.78, 5) is 0. The third-order valence-electron chi connectivity index (χ3n) is 9.75. The van der Waals surface area contributed by atoms with Gasteiger partial charge < -0.3 is 4.42 Å². The summed E-state index contributed by atoms with van der Waals surface area (Å²) in [6, 6.07) is 59.4. The normalized spacial score (nSPS) is 13.1. The van der Waals surface area contributed by atoms with Crippen molar-refractivity contribution < 1.29 is 4.42 Å². The SMILES string of the molecule is c1ccc2c(c1)[C](C(=C1c3ccccc3-c3ccccc31)c1ccc(-c3ccc4c(c3)oc3ccccc34)cc1)c1ccccc1-2. The largest absolute Gasteiger partial charge is 0.456 e. The Kier molecular flexibility index (Phi) is 5.41. The minimum absolute atomic E-state index is 0.916. The van der Waals surface area contributed by atoms with Crippen molar-refractivity contribution in [3.05, 3.63) is 198 Å². The molecule has 0 spiro atoms. The molecule has 0 atom stereocenters. The molecule has 1 aromatic heterocycles. The molecule has 1 heterocycles. The van der Waals surface area contributed by atoms with Gasteiger partial charge in [0.1, 0.15) is 11.2 Å². The Morgan fingerprint density at radius 2 is 0.804 bits per heavy atom. The van der Waals surface area contributed by atoms with Crippen molar-refractivity contribution in [1.29, 1.82) is 0 Å². The van der Waals surface area contributed by atoms with Gasteiger partial charge in [-0.3, -0.25) is 0 Å². The third kappa shape index (κ3) is 3.63. The van der Waals surface area contributed by atoms with Crippen LogP contribution in [-0.2, 0) is 0 Å². The van der Waals surface area contributed by atoms with Crippen LogP contribution in [-0.4, -0.2) is 0 Å². The molecule has 1 radical (unpaired) electrons. The molecular weight excluding hydrogens is 556 g/mol. The second-order valence-electron chi connectivity index (χ2n) is 12.2. The molecule has 8 aromatic rings. The number of fused-ring (bicyclic) bond motifs is 9. The lowest BCUT2D eigenvalue weighted by atomic mass is 9.79. The van der Waals surface area contributed by atoms with Gasteiger partial charge in [0.2, 0.25) is 0 Å². The van der Waals surface area contributed by atoms with Gasteiger partial charge in [-0.2, -0.15) is 0 Å². The van der Waals surface area contributed by atoms with Crippen molar-refractivity contribution in [2.45, 2.75) is 0 Å². The van der Waals surface area contributed by atoms with Crippen LogP contribution in [0.5, 0.6) is 0 Å². The summed E-state index contributed by atoms with van der Waals surface area (Å²) in [5.41, 5.74) is 18.2. The summed E-state index contributed by atoms with van der Waals surface area (Å²) < 4.78 is 6.23. The average Bonchev–Trinajstić information content (AvgIpc) is 3.77. The molecule has 2 aliphatic carbocycles. The molecule has 0 N–H and O–H groups in total. The van der Waals surface area contributed by atoms with Crippen molar-refractivity contribution in [2.24, 2.45) is 0 Å². The molecule has 1 nitrogen and oxygen atoms in total. The molecule has 46 heavy (non-hydrogen) atoms. The maximum atomic E-state index is 6.23. The number of hydrogen-bond donors (Lipinski definition) is 0. The van der Waals surface area contributed by atoms with Crippen LogP contribution in [0.25, 0.3) is 66.5 Å². The Morgan fingerprint density at radius 1 is 0.348 bits per heavy atom. The van der Waals surface area contributed by atoms with E-state index in [1.54, 1.807) is 0 Å². The predicted molar refractivity (Wildman–Crippen MR) is 190 cm³/mol. The fourth-order valence-electron chi connectivity index (χ4n) is 7.72. The summed E-state index contributed by atoms with van der Waals surface area (Å²) >= 11 is 0. The Hall–Kier alpha value is -5.92. The monoisotopic (exact) mass is 583 g/mol. The average molecular weight is 584 g/mol. The van der Waals surface area contributed by atoms with Crippen LogP contribution < -0.4 is 0 Å². The number of benzene rings is 7. The minimum Gasteiger partial charge on any atom is -0.456 e. The zero-order chi connectivity index (χ0) is 30.2. The first-order valence-electron chi connectivity index (χ1n) is 15.9. The molecule has 2 aliphatic rings. The van der Waals surface area contributed by atoms with E-state index in [1.807, 2.05) is 12.1 Å². The zero-order valence-electron chi connectivity index (χ0n) is 25.0. The van der Waals surface area contributed by atoms with Crippen LogP contribution in [0, 0.1) is 5.92 Å². The topological polar surface area (TPSA) is 13.1 Å². The lowest BCUT2D eigenvalue weighted by Crippen LogP contribution is -2.05. The van der Waals surface area contributed by atoms with Crippen LogP contribution in [0.15, 0.2) is 168 Å². The Labute approximate surface area is 267 Å². The highest BCUT2D eigenvalue weighted by Crippen LogP contribution is 2.56. The minimum atomic E-state index is 0.916. The maximum absolute atomic E-state index is 6.23. The van der Waals surface area contributed by atoms with E-state index < -0.39 is 0 Å². The van der Waals surface area contributed by atoms with E-state index in [1.165, 1.54) is 72.7 Å². The number of allylic oxidation sites excluding steroid dienone is 1. The van der Waals surface area contributed by atoms with E-state index in [9.17, 15) is 0 Å². The number of furan rings is 1. The molecule has 0 bridgehead atoms. The van der Waals surface area contributed by atoms with Crippen molar-refractivity contribution in [3.63, 3.8) is 0 Å². The molecule has 0 aliphatic heterocycles. The van der Waals surface area contributed by atoms with Gasteiger partial charge in [0.15, 0.2) is 0 Å². The molecular formula is C45H27O. The molecule has 0 fully saturated rings. The number of para-hydroxylation sites is 1. The number of hydrogen-bond acceptors (Lipinski definition) is 1. The van der Waals surface area contributed by atoms with Gasteiger partial charge in [0, 0.05) is 10.8 Å². The first kappa shape index (κ1) is 25.4. The molecule has 7 aromatic carbocycles. The van der Waals surface area contributed by atoms with Gasteiger partial charge in [-0.1, -0.05) is 146 Å². The van der Waals surface area contributed by atoms with E-state index in [0.29, 0.717) is 0 Å². The highest BCUT2D eigenvalue weighted by atomic mass is 16.3. The first-order valence-corrected chi connectivity index (χ1v) is 15.9. The molecule has 0 saturated heterocycles. The van der Waals surface area contributed by atoms with Gasteiger partial charge in [0.05, 0.1) is 5.92 Å². The molecule has 10 rings (SSSR count). The first-order chi connectivity index (χ1) is 22.8. The van der Waals surface area contributed by atoms with Crippen LogP contribution >= 0.6 is 0 Å². The molecule has 0 amide bonds. The lowest BCUT2D eigenvalue weighted by Gasteiger charge is -2.22. The molecule has 1 heteroatoms. The highest BCUT2D eigenvalue weighted by Gasteiger charge is 2.36. The summed E-state index contributed by atoms with van der Waals surface area (Å²) in [5, 5.41) is 2.30. The van der Waals surface area contributed by atoms with Crippen molar-refractivity contribution in [3.8, 4) is 33.4 Å². The molecule has 213 valence electrons. The van der Waals surface area contributed by atoms with Gasteiger partial charge >= 0.3 is 0 Å². The van der Waals surface area contributed by atoms with E-state index in [2.05, 4.69) is 152 Å². The van der Waals surface area contributed by atoms with Crippen LogP contribution in [0.2, 0.25) is 0 Å². The van der Waals surface area contributed by atoms with Gasteiger partial charge in [-0.15, -0.1) is 0 Å². The highest BCUT2D eigenvalue weighted by molar-refractivity contribution is 6.16. The summed E-state index contributed by atoms with van der Waals surface area (Å²) in [6.07, 6.45) is 0. The summed E-state index contributed by atoms with van der Waals surface area (Å²) in [5.74, 6) is 1.30. The van der Waals surface area contributed by atoms with E-state index in [-0.39, 0.29) is 0 Å². The van der Waals surface area contributed by atoms with Crippen molar-refractivity contribution in [2.75, 3.05) is 0 Å². The predicted octanol–water partition coefficient (Wildman–Crippen LogP) is 11.8. The molecule has 0 unspecified atom stereocenters. The van der Waals surface area contributed by atoms with Crippen LogP contribution in [0.1, 0.15) is 27.8 Å². The van der Waals surface area contributed by atoms with Crippen LogP contribution in [0.3, 0.4) is 0 Å². The summed E-state index contributed by atoms with van der Waals surface area (Å²) in [7, 11) is 0. The Bertz CT molecular complexity index is 2430. The second kappa shape index (κ2) is 9.79. The standard InChI is InChI=1S/C45H27O/c1-5-16-37-31(11-1)32-12-2-6-17-38(32)44(37)43(45-39-18-7-3-13-33(39)34-14-4-8-19-40(34)45)29-23-21-28(22-24-29)30-25-26-36-35-15-9-10-20-41(35)46-42(36)27-30/h1-27H. The second-order valence-corrected chi connectivity index (χ2v) is 12.2. The quantitative estimate of drug-likeness (QED) is 0.202. The fourth-order valence-corrected chi connectivity index (χ4v) is 7.72. The lowest BCUT2D eigenvalue weighted by molar-refractivity contribution is 0.669.